The van der Waals surface area contributed by atoms with Crippen LogP contribution < -0.4 is 5.32 Å². The Morgan fingerprint density at radius 1 is 1.47 bits per heavy atom. The van der Waals surface area contributed by atoms with Crippen molar-refractivity contribution in [2.75, 3.05) is 19.7 Å². The Kier molecular flexibility index (Phi) is 3.14. The van der Waals surface area contributed by atoms with Crippen molar-refractivity contribution >= 4 is 5.90 Å². The van der Waals surface area contributed by atoms with Crippen LogP contribution in [-0.2, 0) is 9.57 Å². The van der Waals surface area contributed by atoms with Crippen molar-refractivity contribution in [1.29, 1.82) is 0 Å². The van der Waals surface area contributed by atoms with Gasteiger partial charge in [-0.1, -0.05) is 19.0 Å². The van der Waals surface area contributed by atoms with Crippen LogP contribution in [0.5, 0.6) is 0 Å². The molecule has 0 radical (unpaired) electrons. The molecule has 86 valence electrons. The number of oxime groups is 1. The molecule has 1 spiro atoms. The quantitative estimate of drug-likeness (QED) is 0.754. The Hall–Kier alpha value is -0.770. The molecule has 0 unspecified atom stereocenters. The van der Waals surface area contributed by atoms with Gasteiger partial charge >= 0.3 is 0 Å². The van der Waals surface area contributed by atoms with Gasteiger partial charge in [0, 0.05) is 12.8 Å². The minimum atomic E-state index is -0.0580. The fraction of sp³-hybridized carbons (Fsp3) is 0.909. The van der Waals surface area contributed by atoms with E-state index in [-0.39, 0.29) is 5.60 Å². The van der Waals surface area contributed by atoms with Gasteiger partial charge in [-0.3, -0.25) is 0 Å². The largest absolute Gasteiger partial charge is 0.478 e. The molecule has 2 heterocycles. The highest BCUT2D eigenvalue weighted by molar-refractivity contribution is 5.78. The van der Waals surface area contributed by atoms with Crippen LogP contribution in [0.2, 0.25) is 0 Å². The second-order valence-electron chi connectivity index (χ2n) is 4.89. The molecule has 2 aliphatic heterocycles. The summed E-state index contributed by atoms with van der Waals surface area (Å²) in [6, 6.07) is 0. The average molecular weight is 212 g/mol. The molecular formula is C11H20N2O2. The molecule has 0 atom stereocenters. The fourth-order valence-corrected chi connectivity index (χ4v) is 1.98. The number of ether oxygens (including phenoxy) is 1. The standard InChI is InChI=1S/C11H20N2O2/c1-9(2)8-14-10-7-11(15-13-10)3-5-12-6-4-11/h9,12H,3-8H2,1-2H3. The van der Waals surface area contributed by atoms with Crippen molar-refractivity contribution in [3.05, 3.63) is 0 Å². The topological polar surface area (TPSA) is 42.9 Å². The van der Waals surface area contributed by atoms with E-state index in [0.29, 0.717) is 5.92 Å². The molecule has 2 rings (SSSR count). The minimum absolute atomic E-state index is 0.0580. The first-order valence-electron chi connectivity index (χ1n) is 5.79. The summed E-state index contributed by atoms with van der Waals surface area (Å²) in [6.45, 7) is 7.05. The van der Waals surface area contributed by atoms with E-state index in [9.17, 15) is 0 Å². The van der Waals surface area contributed by atoms with Gasteiger partial charge in [-0.15, -0.1) is 0 Å². The van der Waals surface area contributed by atoms with E-state index in [4.69, 9.17) is 9.57 Å². The Labute approximate surface area is 91.0 Å². The maximum Gasteiger partial charge on any atom is 0.229 e. The molecule has 0 aliphatic carbocycles. The smallest absolute Gasteiger partial charge is 0.229 e. The number of nitrogens with zero attached hydrogens (tertiary/aromatic N) is 1. The molecule has 1 fully saturated rings. The van der Waals surface area contributed by atoms with Crippen molar-refractivity contribution in [1.82, 2.24) is 5.32 Å². The lowest BCUT2D eigenvalue weighted by molar-refractivity contribution is -0.0400. The Morgan fingerprint density at radius 3 is 2.87 bits per heavy atom. The van der Waals surface area contributed by atoms with Crippen LogP contribution in [0.25, 0.3) is 0 Å². The number of hydrogen-bond acceptors (Lipinski definition) is 4. The van der Waals surface area contributed by atoms with Crippen molar-refractivity contribution in [2.45, 2.75) is 38.7 Å². The molecule has 1 N–H and O–H groups in total. The molecule has 0 bridgehead atoms. The summed E-state index contributed by atoms with van der Waals surface area (Å²) in [4.78, 5) is 5.55. The van der Waals surface area contributed by atoms with E-state index in [1.54, 1.807) is 0 Å². The predicted octanol–water partition coefficient (Wildman–Crippen LogP) is 1.51. The van der Waals surface area contributed by atoms with Gasteiger partial charge in [0.2, 0.25) is 5.90 Å². The van der Waals surface area contributed by atoms with Crippen molar-refractivity contribution < 1.29 is 9.57 Å². The molecule has 2 aliphatic rings. The molecule has 0 saturated carbocycles. The summed E-state index contributed by atoms with van der Waals surface area (Å²) in [6.07, 6.45) is 2.91. The molecule has 0 aromatic carbocycles. The third-order valence-electron chi connectivity index (χ3n) is 2.91. The molecule has 0 aromatic rings. The summed E-state index contributed by atoms with van der Waals surface area (Å²) in [5.41, 5.74) is -0.0580. The van der Waals surface area contributed by atoms with Gasteiger partial charge in [-0.25, -0.2) is 0 Å². The number of nitrogens with one attached hydrogen (secondary N) is 1. The second kappa shape index (κ2) is 4.39. The third kappa shape index (κ3) is 2.62. The van der Waals surface area contributed by atoms with E-state index >= 15 is 0 Å². The van der Waals surface area contributed by atoms with E-state index in [0.717, 1.165) is 44.9 Å². The second-order valence-corrected chi connectivity index (χ2v) is 4.89. The first-order valence-corrected chi connectivity index (χ1v) is 5.79. The normalized spacial score (nSPS) is 24.1. The summed E-state index contributed by atoms with van der Waals surface area (Å²) >= 11 is 0. The molecule has 0 amide bonds. The molecule has 1 saturated heterocycles. The van der Waals surface area contributed by atoms with Crippen LogP contribution in [0, 0.1) is 5.92 Å². The van der Waals surface area contributed by atoms with E-state index in [2.05, 4.69) is 24.3 Å². The van der Waals surface area contributed by atoms with Gasteiger partial charge < -0.3 is 14.9 Å². The molecule has 4 heteroatoms. The maximum atomic E-state index is 5.60. The average Bonchev–Trinajstić information content (AvgIpc) is 2.60. The third-order valence-corrected chi connectivity index (χ3v) is 2.91. The van der Waals surface area contributed by atoms with Crippen molar-refractivity contribution in [3.63, 3.8) is 0 Å². The van der Waals surface area contributed by atoms with Gasteiger partial charge in [0.25, 0.3) is 0 Å². The van der Waals surface area contributed by atoms with Crippen LogP contribution in [0.15, 0.2) is 5.16 Å². The Bertz CT molecular complexity index is 245. The fourth-order valence-electron chi connectivity index (χ4n) is 1.98. The van der Waals surface area contributed by atoms with Gasteiger partial charge in [0.15, 0.2) is 0 Å². The van der Waals surface area contributed by atoms with E-state index in [1.165, 1.54) is 0 Å². The summed E-state index contributed by atoms with van der Waals surface area (Å²) in [7, 11) is 0. The Morgan fingerprint density at radius 2 is 2.20 bits per heavy atom. The van der Waals surface area contributed by atoms with Crippen LogP contribution in [0.3, 0.4) is 0 Å². The maximum absolute atomic E-state index is 5.60. The van der Waals surface area contributed by atoms with Gasteiger partial charge in [-0.05, 0) is 19.0 Å². The number of rotatable bonds is 2. The lowest BCUT2D eigenvalue weighted by Crippen LogP contribution is -2.42. The van der Waals surface area contributed by atoms with Gasteiger partial charge in [0.1, 0.15) is 5.60 Å². The SMILES string of the molecule is CC(C)COC1=NOC2(CCNCC2)C1. The lowest BCUT2D eigenvalue weighted by atomic mass is 9.89. The highest BCUT2D eigenvalue weighted by Gasteiger charge is 2.41. The van der Waals surface area contributed by atoms with Gasteiger partial charge in [0.05, 0.1) is 13.0 Å². The summed E-state index contributed by atoms with van der Waals surface area (Å²) in [5, 5.41) is 7.38. The lowest BCUT2D eigenvalue weighted by Gasteiger charge is -2.30. The Balaban J connectivity index is 1.81. The van der Waals surface area contributed by atoms with Crippen molar-refractivity contribution in [3.8, 4) is 0 Å². The van der Waals surface area contributed by atoms with Crippen LogP contribution >= 0.6 is 0 Å². The number of piperidine rings is 1. The van der Waals surface area contributed by atoms with Crippen molar-refractivity contribution in [2.24, 2.45) is 11.1 Å². The van der Waals surface area contributed by atoms with E-state index < -0.39 is 0 Å². The molecule has 4 nitrogen and oxygen atoms in total. The zero-order valence-electron chi connectivity index (χ0n) is 9.58. The summed E-state index contributed by atoms with van der Waals surface area (Å²) in [5.74, 6) is 1.32. The minimum Gasteiger partial charge on any atom is -0.478 e. The molecule has 0 aromatic heterocycles. The highest BCUT2D eigenvalue weighted by Crippen LogP contribution is 2.32. The van der Waals surface area contributed by atoms with Gasteiger partial charge in [-0.2, -0.15) is 0 Å². The highest BCUT2D eigenvalue weighted by atomic mass is 16.7. The van der Waals surface area contributed by atoms with Crippen LogP contribution in [-0.4, -0.2) is 31.2 Å². The predicted molar refractivity (Wildman–Crippen MR) is 58.8 cm³/mol. The summed E-state index contributed by atoms with van der Waals surface area (Å²) < 4.78 is 5.60. The van der Waals surface area contributed by atoms with Crippen LogP contribution in [0.4, 0.5) is 0 Å². The molecular weight excluding hydrogens is 192 g/mol. The molecule has 15 heavy (non-hydrogen) atoms. The van der Waals surface area contributed by atoms with E-state index in [1.807, 2.05) is 0 Å². The zero-order valence-corrected chi connectivity index (χ0v) is 9.58. The monoisotopic (exact) mass is 212 g/mol. The first-order chi connectivity index (χ1) is 7.20. The number of hydrogen-bond donors (Lipinski definition) is 1. The van der Waals surface area contributed by atoms with Crippen LogP contribution in [0.1, 0.15) is 33.1 Å². The zero-order chi connectivity index (χ0) is 10.7. The first kappa shape index (κ1) is 10.7.